The maximum absolute atomic E-state index is 10.8. The zero-order valence-electron chi connectivity index (χ0n) is 9.38. The second kappa shape index (κ2) is 4.75. The first kappa shape index (κ1) is 11.9. The van der Waals surface area contributed by atoms with Crippen LogP contribution in [0.15, 0.2) is 30.3 Å². The molecule has 92 valence electrons. The van der Waals surface area contributed by atoms with Crippen molar-refractivity contribution < 1.29 is 19.8 Å². The van der Waals surface area contributed by atoms with E-state index >= 15 is 0 Å². The third-order valence-corrected chi connectivity index (χ3v) is 2.48. The number of aromatic amines is 1. The van der Waals surface area contributed by atoms with Gasteiger partial charge in [-0.3, -0.25) is 4.79 Å². The van der Waals surface area contributed by atoms with Gasteiger partial charge in [0.15, 0.2) is 0 Å². The zero-order valence-corrected chi connectivity index (χ0v) is 9.38. The van der Waals surface area contributed by atoms with Gasteiger partial charge >= 0.3 is 11.9 Å². The van der Waals surface area contributed by atoms with Crippen molar-refractivity contribution >= 4 is 28.9 Å². The summed E-state index contributed by atoms with van der Waals surface area (Å²) in [5, 5.41) is 18.2. The van der Waals surface area contributed by atoms with Gasteiger partial charge in [-0.05, 0) is 17.7 Å². The molecule has 0 aliphatic heterocycles. The highest BCUT2D eigenvalue weighted by Gasteiger charge is 2.06. The second-order valence-corrected chi connectivity index (χ2v) is 3.84. The smallest absolute Gasteiger partial charge is 0.352 e. The summed E-state index contributed by atoms with van der Waals surface area (Å²) in [6.07, 6.45) is 3.20. The van der Waals surface area contributed by atoms with Gasteiger partial charge in [0.1, 0.15) is 5.69 Å². The first-order valence-corrected chi connectivity index (χ1v) is 5.30. The average molecular weight is 245 g/mol. The van der Waals surface area contributed by atoms with E-state index in [0.717, 1.165) is 10.9 Å². The Morgan fingerprint density at radius 2 is 2.00 bits per heavy atom. The maximum Gasteiger partial charge on any atom is 0.352 e. The number of nitrogens with one attached hydrogen (secondary N) is 1. The molecule has 3 N–H and O–H groups in total. The minimum atomic E-state index is -1.01. The van der Waals surface area contributed by atoms with Crippen LogP contribution in [0.3, 0.4) is 0 Å². The summed E-state index contributed by atoms with van der Waals surface area (Å²) in [7, 11) is 0. The first-order chi connectivity index (χ1) is 8.56. The fourth-order valence-electron chi connectivity index (χ4n) is 1.66. The Morgan fingerprint density at radius 1 is 1.22 bits per heavy atom. The number of aliphatic carboxylic acids is 1. The van der Waals surface area contributed by atoms with Gasteiger partial charge < -0.3 is 15.2 Å². The number of hydrogen-bond acceptors (Lipinski definition) is 2. The lowest BCUT2D eigenvalue weighted by atomic mass is 10.1. The van der Waals surface area contributed by atoms with Crippen LogP contribution in [0.25, 0.3) is 17.0 Å². The van der Waals surface area contributed by atoms with Crippen LogP contribution in [0.5, 0.6) is 0 Å². The van der Waals surface area contributed by atoms with Gasteiger partial charge in [0.2, 0.25) is 0 Å². The predicted octanol–water partition coefficient (Wildman–Crippen LogP) is 2.35. The van der Waals surface area contributed by atoms with Gasteiger partial charge in [0.25, 0.3) is 0 Å². The number of aromatic nitrogens is 1. The Kier molecular flexibility index (Phi) is 3.14. The fourth-order valence-corrected chi connectivity index (χ4v) is 1.66. The summed E-state index contributed by atoms with van der Waals surface area (Å²) < 4.78 is 0. The number of aromatic carboxylic acids is 1. The summed E-state index contributed by atoms with van der Waals surface area (Å²) in [6, 6.07) is 6.93. The Balaban J connectivity index is 2.29. The maximum atomic E-state index is 10.8. The highest BCUT2D eigenvalue weighted by atomic mass is 16.4. The second-order valence-electron chi connectivity index (χ2n) is 3.84. The van der Waals surface area contributed by atoms with E-state index in [2.05, 4.69) is 4.98 Å². The molecule has 0 unspecified atom stereocenters. The van der Waals surface area contributed by atoms with Crippen LogP contribution in [-0.4, -0.2) is 27.1 Å². The number of fused-ring (bicyclic) bond motifs is 1. The van der Waals surface area contributed by atoms with E-state index in [4.69, 9.17) is 10.2 Å². The van der Waals surface area contributed by atoms with Gasteiger partial charge in [-0.25, -0.2) is 4.79 Å². The van der Waals surface area contributed by atoms with Crippen LogP contribution >= 0.6 is 0 Å². The molecule has 0 bridgehead atoms. The molecule has 2 rings (SSSR count). The highest BCUT2D eigenvalue weighted by molar-refractivity contribution is 5.94. The molecule has 0 radical (unpaired) electrons. The van der Waals surface area contributed by atoms with E-state index in [1.165, 1.54) is 0 Å². The van der Waals surface area contributed by atoms with Gasteiger partial charge in [0, 0.05) is 10.9 Å². The van der Waals surface area contributed by atoms with Gasteiger partial charge in [-0.1, -0.05) is 24.3 Å². The van der Waals surface area contributed by atoms with E-state index in [1.54, 1.807) is 36.4 Å². The summed E-state index contributed by atoms with van der Waals surface area (Å²) >= 11 is 0. The molecule has 18 heavy (non-hydrogen) atoms. The summed E-state index contributed by atoms with van der Waals surface area (Å²) in [5.41, 5.74) is 1.67. The molecule has 5 nitrogen and oxygen atoms in total. The number of carboxylic acid groups (broad SMARTS) is 2. The van der Waals surface area contributed by atoms with Crippen LogP contribution in [0.2, 0.25) is 0 Å². The number of H-pyrrole nitrogens is 1. The third kappa shape index (κ3) is 2.57. The Hall–Kier alpha value is -2.56. The van der Waals surface area contributed by atoms with E-state index in [-0.39, 0.29) is 12.1 Å². The van der Waals surface area contributed by atoms with Gasteiger partial charge in [0.05, 0.1) is 6.42 Å². The summed E-state index contributed by atoms with van der Waals surface area (Å²) in [4.78, 5) is 23.9. The molecular formula is C13H11NO4. The molecule has 0 aliphatic carbocycles. The third-order valence-electron chi connectivity index (χ3n) is 2.48. The van der Waals surface area contributed by atoms with Crippen molar-refractivity contribution in [2.75, 3.05) is 0 Å². The van der Waals surface area contributed by atoms with Crippen LogP contribution < -0.4 is 0 Å². The lowest BCUT2D eigenvalue weighted by Crippen LogP contribution is -1.94. The highest BCUT2D eigenvalue weighted by Crippen LogP contribution is 2.18. The average Bonchev–Trinajstić information content (AvgIpc) is 2.71. The van der Waals surface area contributed by atoms with E-state index in [1.807, 2.05) is 0 Å². The monoisotopic (exact) mass is 245 g/mol. The van der Waals surface area contributed by atoms with Crippen molar-refractivity contribution in [1.82, 2.24) is 4.98 Å². The molecule has 0 saturated carbocycles. The lowest BCUT2D eigenvalue weighted by Gasteiger charge is -1.94. The van der Waals surface area contributed by atoms with Crippen molar-refractivity contribution in [1.29, 1.82) is 0 Å². The number of carboxylic acids is 2. The summed E-state index contributed by atoms with van der Waals surface area (Å²) in [6.45, 7) is 0. The van der Waals surface area contributed by atoms with Crippen molar-refractivity contribution in [3.05, 3.63) is 41.6 Å². The van der Waals surface area contributed by atoms with Crippen molar-refractivity contribution in [3.63, 3.8) is 0 Å². The molecule has 0 spiro atoms. The number of carbonyl (C=O) groups is 2. The van der Waals surface area contributed by atoms with Crippen LogP contribution in [0.4, 0.5) is 0 Å². The molecule has 0 amide bonds. The van der Waals surface area contributed by atoms with Crippen molar-refractivity contribution in [2.24, 2.45) is 0 Å². The lowest BCUT2D eigenvalue weighted by molar-refractivity contribution is -0.135. The largest absolute Gasteiger partial charge is 0.481 e. The minimum Gasteiger partial charge on any atom is -0.481 e. The number of rotatable bonds is 4. The molecule has 0 atom stereocenters. The Bertz CT molecular complexity index is 639. The molecule has 5 heteroatoms. The summed E-state index contributed by atoms with van der Waals surface area (Å²) in [5.74, 6) is -1.89. The molecule has 1 heterocycles. The fraction of sp³-hybridized carbons (Fsp3) is 0.0769. The SMILES string of the molecule is O=C(O)CC=Cc1ccc2cc(C(=O)O)[nH]c2c1. The molecule has 0 saturated heterocycles. The van der Waals surface area contributed by atoms with E-state index in [9.17, 15) is 9.59 Å². The van der Waals surface area contributed by atoms with E-state index in [0.29, 0.717) is 5.52 Å². The molecule has 0 aliphatic rings. The van der Waals surface area contributed by atoms with Crippen LogP contribution in [0, 0.1) is 0 Å². The van der Waals surface area contributed by atoms with Gasteiger partial charge in [-0.15, -0.1) is 0 Å². The topological polar surface area (TPSA) is 90.4 Å². The van der Waals surface area contributed by atoms with Crippen molar-refractivity contribution in [3.8, 4) is 0 Å². The molecule has 2 aromatic rings. The normalized spacial score (nSPS) is 11.1. The molecule has 1 aromatic carbocycles. The Morgan fingerprint density at radius 3 is 2.67 bits per heavy atom. The zero-order chi connectivity index (χ0) is 13.1. The quantitative estimate of drug-likeness (QED) is 0.771. The predicted molar refractivity (Wildman–Crippen MR) is 66.5 cm³/mol. The molecule has 0 fully saturated rings. The standard InChI is InChI=1S/C13H11NO4/c15-12(16)3-1-2-8-4-5-9-7-11(13(17)18)14-10(9)6-8/h1-2,4-7,14H,3H2,(H,15,16)(H,17,18). The van der Waals surface area contributed by atoms with Crippen LogP contribution in [0.1, 0.15) is 22.5 Å². The van der Waals surface area contributed by atoms with Crippen molar-refractivity contribution in [2.45, 2.75) is 6.42 Å². The molecular weight excluding hydrogens is 234 g/mol. The van der Waals surface area contributed by atoms with Crippen LogP contribution in [-0.2, 0) is 4.79 Å². The van der Waals surface area contributed by atoms with E-state index < -0.39 is 11.9 Å². The number of hydrogen-bond donors (Lipinski definition) is 3. The Labute approximate surface area is 102 Å². The minimum absolute atomic E-state index is 0.0386. The number of benzene rings is 1. The first-order valence-electron chi connectivity index (χ1n) is 5.30. The molecule has 1 aromatic heterocycles. The van der Waals surface area contributed by atoms with Gasteiger partial charge in [-0.2, -0.15) is 0 Å².